The summed E-state index contributed by atoms with van der Waals surface area (Å²) in [5, 5.41) is 12.4. The van der Waals surface area contributed by atoms with Gasteiger partial charge in [-0.05, 0) is 52.4 Å². The maximum absolute atomic E-state index is 11.8. The fourth-order valence-electron chi connectivity index (χ4n) is 5.45. The Morgan fingerprint density at radius 3 is 2.28 bits per heavy atom. The molecule has 0 bridgehead atoms. The summed E-state index contributed by atoms with van der Waals surface area (Å²) >= 11 is 0.957. The molecule has 2 N–H and O–H groups in total. The lowest BCUT2D eigenvalue weighted by Gasteiger charge is -2.18. The Morgan fingerprint density at radius 2 is 1.62 bits per heavy atom. The summed E-state index contributed by atoms with van der Waals surface area (Å²) < 4.78 is 52.2. The maximum atomic E-state index is 11.8. The standard InChI is InChI=1S/C35H32N2O8S2/c1-2-25(21-34-36(17-19-46-45-44-38)30-23-28(13-15-32(30)42-34)26-9-5-3-6-10-26)22-35-37(18-20-47(39,40)41)31-24-29(14-16-33(31)43-35)27-11-7-4-8-12-27/h3-16,21-24H,2,17-20H2,1H3,(H-,38,39,40,41)/p+1. The molecule has 4 aromatic carbocycles. The average Bonchev–Trinajstić information content (AvgIpc) is 3.61. The molecule has 0 aliphatic carbocycles. The van der Waals surface area contributed by atoms with Crippen LogP contribution in [0, 0.1) is 0 Å². The molecule has 242 valence electrons. The molecule has 47 heavy (non-hydrogen) atoms. The van der Waals surface area contributed by atoms with E-state index < -0.39 is 15.9 Å². The van der Waals surface area contributed by atoms with Crippen molar-refractivity contribution in [3.05, 3.63) is 120 Å². The minimum Gasteiger partial charge on any atom is -0.439 e. The highest BCUT2D eigenvalue weighted by molar-refractivity contribution is 7.94. The van der Waals surface area contributed by atoms with Crippen LogP contribution < -0.4 is 14.2 Å². The number of rotatable bonds is 13. The first-order chi connectivity index (χ1) is 22.8. The monoisotopic (exact) mass is 673 g/mol. The lowest BCUT2D eigenvalue weighted by Crippen LogP contribution is -2.38. The van der Waals surface area contributed by atoms with Crippen molar-refractivity contribution in [3.63, 3.8) is 0 Å². The van der Waals surface area contributed by atoms with Crippen LogP contribution in [0.15, 0.2) is 119 Å². The molecule has 0 unspecified atom stereocenters. The molecule has 0 saturated carbocycles. The van der Waals surface area contributed by atoms with Crippen LogP contribution in [0.4, 0.5) is 5.69 Å². The zero-order valence-corrected chi connectivity index (χ0v) is 27.1. The van der Waals surface area contributed by atoms with Crippen LogP contribution in [-0.4, -0.2) is 36.3 Å². The largest absolute Gasteiger partial charge is 0.439 e. The molecule has 0 amide bonds. The Kier molecular flexibility index (Phi) is 10.1. The average molecular weight is 674 g/mol. The predicted octanol–water partition coefficient (Wildman–Crippen LogP) is 7.55. The highest BCUT2D eigenvalue weighted by Gasteiger charge is 2.28. The highest BCUT2D eigenvalue weighted by atomic mass is 32.2. The maximum Gasteiger partial charge on any atom is 0.374 e. The molecule has 6 rings (SSSR count). The number of oxazole rings is 1. The number of ether oxygens (including phenoxy) is 1. The second-order valence-electron chi connectivity index (χ2n) is 10.7. The van der Waals surface area contributed by atoms with Crippen molar-refractivity contribution in [1.29, 1.82) is 0 Å². The third-order valence-electron chi connectivity index (χ3n) is 7.75. The molecule has 10 nitrogen and oxygen atoms in total. The van der Waals surface area contributed by atoms with Crippen LogP contribution in [0.3, 0.4) is 0 Å². The van der Waals surface area contributed by atoms with Gasteiger partial charge >= 0.3 is 5.89 Å². The first kappa shape index (κ1) is 32.5. The normalized spacial score (nSPS) is 14.1. The van der Waals surface area contributed by atoms with E-state index in [9.17, 15) is 13.0 Å². The van der Waals surface area contributed by atoms with E-state index in [1.807, 2.05) is 115 Å². The van der Waals surface area contributed by atoms with Gasteiger partial charge in [0.05, 0.1) is 11.8 Å². The fraction of sp³-hybridized carbons (Fsp3) is 0.171. The van der Waals surface area contributed by atoms with Gasteiger partial charge in [0.1, 0.15) is 5.75 Å². The van der Waals surface area contributed by atoms with Gasteiger partial charge in [0.25, 0.3) is 15.6 Å². The minimum absolute atomic E-state index is 0.00996. The number of hydrogen-bond donors (Lipinski definition) is 2. The van der Waals surface area contributed by atoms with Crippen molar-refractivity contribution in [3.8, 4) is 28.0 Å². The van der Waals surface area contributed by atoms with Gasteiger partial charge in [-0.1, -0.05) is 84.8 Å². The smallest absolute Gasteiger partial charge is 0.374 e. The summed E-state index contributed by atoms with van der Waals surface area (Å²) in [6.45, 7) is 2.47. The van der Waals surface area contributed by atoms with E-state index in [1.165, 1.54) is 0 Å². The van der Waals surface area contributed by atoms with Crippen molar-refractivity contribution in [2.45, 2.75) is 19.9 Å². The van der Waals surface area contributed by atoms with Gasteiger partial charge in [-0.25, -0.2) is 5.26 Å². The summed E-state index contributed by atoms with van der Waals surface area (Å²) in [5.74, 6) is 1.68. The third-order valence-corrected chi connectivity index (χ3v) is 8.96. The van der Waals surface area contributed by atoms with Crippen molar-refractivity contribution in [2.24, 2.45) is 0 Å². The summed E-state index contributed by atoms with van der Waals surface area (Å²) in [6.07, 6.45) is 4.38. The lowest BCUT2D eigenvalue weighted by atomic mass is 10.0. The van der Waals surface area contributed by atoms with E-state index >= 15 is 0 Å². The quantitative estimate of drug-likeness (QED) is 0.0324. The Balaban J connectivity index is 1.39. The van der Waals surface area contributed by atoms with Crippen molar-refractivity contribution in [2.75, 3.05) is 23.0 Å². The molecule has 0 spiro atoms. The zero-order chi connectivity index (χ0) is 32.8. The Bertz CT molecular complexity index is 2030. The second-order valence-corrected chi connectivity index (χ2v) is 13.1. The van der Waals surface area contributed by atoms with E-state index in [-0.39, 0.29) is 6.54 Å². The molecule has 1 aromatic heterocycles. The van der Waals surface area contributed by atoms with Crippen LogP contribution >= 0.6 is 12.0 Å². The molecule has 12 heteroatoms. The molecular weight excluding hydrogens is 641 g/mol. The third kappa shape index (κ3) is 7.76. The molecule has 2 heterocycles. The number of anilines is 1. The molecular formula is C35H33N2O8S2+. The SMILES string of the molecule is CC/C(C=C1Oc2ccc(-c3ccccc3)cc2N1CCSOOO)=C\c1oc2ccc(-c3ccccc3)cc2[n+]1CCS(=O)(=O)O. The van der Waals surface area contributed by atoms with E-state index in [0.717, 1.165) is 45.6 Å². The van der Waals surface area contributed by atoms with Crippen LogP contribution in [0.1, 0.15) is 19.2 Å². The molecule has 0 fully saturated rings. The van der Waals surface area contributed by atoms with E-state index in [0.29, 0.717) is 47.3 Å². The number of aromatic nitrogens is 1. The highest BCUT2D eigenvalue weighted by Crippen LogP contribution is 2.42. The van der Waals surface area contributed by atoms with Crippen LogP contribution in [0.25, 0.3) is 39.4 Å². The first-order valence-corrected chi connectivity index (χ1v) is 17.5. The van der Waals surface area contributed by atoms with Crippen molar-refractivity contribution >= 4 is 45.0 Å². The molecule has 0 atom stereocenters. The number of nitrogens with zero attached hydrogens (tertiary/aromatic N) is 2. The lowest BCUT2D eigenvalue weighted by molar-refractivity contribution is -0.673. The fourth-order valence-corrected chi connectivity index (χ4v) is 6.23. The molecule has 0 radical (unpaired) electrons. The van der Waals surface area contributed by atoms with Gasteiger partial charge in [-0.2, -0.15) is 13.0 Å². The Hall–Kier alpha value is -4.43. The van der Waals surface area contributed by atoms with Gasteiger partial charge in [0.15, 0.2) is 12.3 Å². The van der Waals surface area contributed by atoms with Gasteiger partial charge in [-0.3, -0.25) is 4.55 Å². The summed E-state index contributed by atoms with van der Waals surface area (Å²) in [6, 6.07) is 31.7. The molecule has 1 aliphatic rings. The summed E-state index contributed by atoms with van der Waals surface area (Å²) in [4.78, 5) is 2.02. The molecule has 1 aliphatic heterocycles. The second kappa shape index (κ2) is 14.6. The topological polar surface area (TPSA) is 123 Å². The first-order valence-electron chi connectivity index (χ1n) is 15.0. The van der Waals surface area contributed by atoms with E-state index in [4.69, 9.17) is 14.4 Å². The number of aryl methyl sites for hydroxylation is 1. The van der Waals surface area contributed by atoms with E-state index in [2.05, 4.69) is 15.4 Å². The number of benzene rings is 4. The van der Waals surface area contributed by atoms with Crippen LogP contribution in [0.5, 0.6) is 5.75 Å². The van der Waals surface area contributed by atoms with Gasteiger partial charge < -0.3 is 14.1 Å². The van der Waals surface area contributed by atoms with Crippen LogP contribution in [-0.2, 0) is 26.0 Å². The predicted molar refractivity (Wildman–Crippen MR) is 182 cm³/mol. The number of fused-ring (bicyclic) bond motifs is 2. The number of hydrogen-bond acceptors (Lipinski definition) is 9. The van der Waals surface area contributed by atoms with Crippen molar-refractivity contribution in [1.82, 2.24) is 0 Å². The van der Waals surface area contributed by atoms with Gasteiger partial charge in [0.2, 0.25) is 11.5 Å². The van der Waals surface area contributed by atoms with Gasteiger partial charge in [0, 0.05) is 36.5 Å². The molecule has 5 aromatic rings. The molecule has 0 saturated heterocycles. The minimum atomic E-state index is -4.23. The number of allylic oxidation sites excluding steroid dienone is 2. The summed E-state index contributed by atoms with van der Waals surface area (Å²) in [7, 11) is -4.23. The Labute approximate surface area is 276 Å². The zero-order valence-electron chi connectivity index (χ0n) is 25.5. The van der Waals surface area contributed by atoms with Gasteiger partial charge in [-0.15, -0.1) is 4.33 Å². The van der Waals surface area contributed by atoms with E-state index in [1.54, 1.807) is 4.57 Å². The van der Waals surface area contributed by atoms with Crippen LogP contribution in [0.2, 0.25) is 0 Å². The van der Waals surface area contributed by atoms with Crippen molar-refractivity contribution < 1.29 is 41.3 Å². The Morgan fingerprint density at radius 1 is 0.936 bits per heavy atom. The summed E-state index contributed by atoms with van der Waals surface area (Å²) in [5.41, 5.74) is 7.07.